The highest BCUT2D eigenvalue weighted by molar-refractivity contribution is 5.46. The molecule has 1 aliphatic carbocycles. The monoisotopic (exact) mass is 340 g/mol. The van der Waals surface area contributed by atoms with E-state index >= 15 is 0 Å². The Morgan fingerprint density at radius 2 is 1.72 bits per heavy atom. The first kappa shape index (κ1) is 17.8. The van der Waals surface area contributed by atoms with E-state index in [1.165, 1.54) is 43.2 Å². The number of para-hydroxylation sites is 1. The molecule has 134 valence electrons. The minimum Gasteiger partial charge on any atom is -0.490 e. The van der Waals surface area contributed by atoms with Gasteiger partial charge in [-0.25, -0.2) is 0 Å². The second-order valence-corrected chi connectivity index (χ2v) is 6.79. The molecule has 3 heteroatoms. The van der Waals surface area contributed by atoms with Gasteiger partial charge in [-0.3, -0.25) is 0 Å². The molecule has 0 radical (unpaired) electrons. The summed E-state index contributed by atoms with van der Waals surface area (Å²) < 4.78 is 12.0. The largest absolute Gasteiger partial charge is 0.490 e. The van der Waals surface area contributed by atoms with Crippen LogP contribution in [-0.2, 0) is 13.2 Å². The Morgan fingerprint density at radius 1 is 0.920 bits per heavy atom. The summed E-state index contributed by atoms with van der Waals surface area (Å²) in [5.41, 5.74) is 2.41. The Hall–Kier alpha value is -2.00. The highest BCUT2D eigenvalue weighted by Crippen LogP contribution is 2.32. The number of nitrogens with two attached hydrogens (primary N) is 1. The average Bonchev–Trinajstić information content (AvgIpc) is 2.67. The predicted octanol–water partition coefficient (Wildman–Crippen LogP) is 4.06. The maximum Gasteiger partial charge on any atom is 0.170 e. The van der Waals surface area contributed by atoms with Gasteiger partial charge < -0.3 is 14.8 Å². The van der Waals surface area contributed by atoms with Crippen LogP contribution in [0.2, 0.25) is 0 Å². The number of quaternary nitrogens is 1. The van der Waals surface area contributed by atoms with Crippen molar-refractivity contribution in [1.82, 2.24) is 0 Å². The maximum absolute atomic E-state index is 6.20. The Morgan fingerprint density at radius 3 is 2.48 bits per heavy atom. The molecule has 3 nitrogen and oxygen atoms in total. The number of hydrogen-bond acceptors (Lipinski definition) is 2. The van der Waals surface area contributed by atoms with Gasteiger partial charge in [0, 0.05) is 0 Å². The highest BCUT2D eigenvalue weighted by Gasteiger charge is 2.18. The van der Waals surface area contributed by atoms with Crippen LogP contribution in [0.4, 0.5) is 0 Å². The highest BCUT2D eigenvalue weighted by atomic mass is 16.5. The van der Waals surface area contributed by atoms with Crippen LogP contribution in [0, 0.1) is 0 Å². The maximum atomic E-state index is 6.20. The third-order valence-electron chi connectivity index (χ3n) is 4.91. The van der Waals surface area contributed by atoms with Crippen LogP contribution in [0.25, 0.3) is 0 Å². The first-order valence-corrected chi connectivity index (χ1v) is 9.61. The standard InChI is InChI=1S/C22H29NO2/c1-2-24-21-15-9-12-19(16-23-20-13-7-4-8-14-20)22(21)25-17-18-10-5-3-6-11-18/h3,5-6,9-12,15,20,23H,2,4,7-8,13-14,16-17H2,1H3/p+1. The van der Waals surface area contributed by atoms with Crippen LogP contribution < -0.4 is 14.8 Å². The molecule has 0 aromatic heterocycles. The van der Waals surface area contributed by atoms with E-state index in [2.05, 4.69) is 29.6 Å². The summed E-state index contributed by atoms with van der Waals surface area (Å²) >= 11 is 0. The topological polar surface area (TPSA) is 35.1 Å². The van der Waals surface area contributed by atoms with E-state index in [4.69, 9.17) is 9.47 Å². The van der Waals surface area contributed by atoms with Crippen molar-refractivity contribution in [3.05, 3.63) is 59.7 Å². The van der Waals surface area contributed by atoms with Crippen LogP contribution in [-0.4, -0.2) is 12.6 Å². The van der Waals surface area contributed by atoms with Crippen LogP contribution >= 0.6 is 0 Å². The molecule has 1 saturated carbocycles. The molecule has 1 aliphatic rings. The minimum absolute atomic E-state index is 0.571. The summed E-state index contributed by atoms with van der Waals surface area (Å²) in [5, 5.41) is 2.49. The van der Waals surface area contributed by atoms with E-state index in [-0.39, 0.29) is 0 Å². The third kappa shape index (κ3) is 5.23. The Labute approximate surface area is 151 Å². The van der Waals surface area contributed by atoms with E-state index in [9.17, 15) is 0 Å². The Balaban J connectivity index is 1.70. The fraction of sp³-hybridized carbons (Fsp3) is 0.455. The lowest BCUT2D eigenvalue weighted by atomic mass is 9.95. The SMILES string of the molecule is CCOc1cccc(C[NH2+]C2CCCCC2)c1OCc1ccccc1. The fourth-order valence-corrected chi connectivity index (χ4v) is 3.55. The van der Waals surface area contributed by atoms with Crippen molar-refractivity contribution >= 4 is 0 Å². The van der Waals surface area contributed by atoms with E-state index in [0.29, 0.717) is 13.2 Å². The quantitative estimate of drug-likeness (QED) is 0.786. The average molecular weight is 340 g/mol. The van der Waals surface area contributed by atoms with Crippen molar-refractivity contribution in [3.8, 4) is 11.5 Å². The molecule has 2 aromatic rings. The minimum atomic E-state index is 0.571. The molecule has 0 saturated heterocycles. The van der Waals surface area contributed by atoms with E-state index in [0.717, 1.165) is 24.1 Å². The fourth-order valence-electron chi connectivity index (χ4n) is 3.55. The molecular formula is C22H30NO2+. The number of benzene rings is 2. The molecule has 1 fully saturated rings. The van der Waals surface area contributed by atoms with Gasteiger partial charge in [-0.2, -0.15) is 0 Å². The van der Waals surface area contributed by atoms with Crippen LogP contribution in [0.15, 0.2) is 48.5 Å². The third-order valence-corrected chi connectivity index (χ3v) is 4.91. The van der Waals surface area contributed by atoms with Crippen LogP contribution in [0.3, 0.4) is 0 Å². The van der Waals surface area contributed by atoms with Gasteiger partial charge in [-0.15, -0.1) is 0 Å². The van der Waals surface area contributed by atoms with Gasteiger partial charge in [0.05, 0.1) is 18.2 Å². The van der Waals surface area contributed by atoms with Gasteiger partial charge in [0.2, 0.25) is 0 Å². The lowest BCUT2D eigenvalue weighted by molar-refractivity contribution is -0.706. The van der Waals surface area contributed by atoms with E-state index in [1.54, 1.807) is 0 Å². The van der Waals surface area contributed by atoms with Crippen molar-refractivity contribution in [2.24, 2.45) is 0 Å². The molecule has 0 bridgehead atoms. The Bertz CT molecular complexity index is 636. The number of rotatable bonds is 8. The molecule has 0 aliphatic heterocycles. The molecule has 0 atom stereocenters. The van der Waals surface area contributed by atoms with Crippen molar-refractivity contribution < 1.29 is 14.8 Å². The number of hydrogen-bond donors (Lipinski definition) is 1. The first-order chi connectivity index (χ1) is 12.4. The molecule has 25 heavy (non-hydrogen) atoms. The molecule has 2 aromatic carbocycles. The van der Waals surface area contributed by atoms with Gasteiger partial charge in [0.1, 0.15) is 13.2 Å². The van der Waals surface area contributed by atoms with Crippen molar-refractivity contribution in [3.63, 3.8) is 0 Å². The van der Waals surface area contributed by atoms with Crippen molar-refractivity contribution in [2.45, 2.75) is 58.2 Å². The molecule has 0 spiro atoms. The zero-order valence-electron chi connectivity index (χ0n) is 15.2. The molecule has 3 rings (SSSR count). The van der Waals surface area contributed by atoms with Gasteiger partial charge in [0.15, 0.2) is 11.5 Å². The first-order valence-electron chi connectivity index (χ1n) is 9.61. The van der Waals surface area contributed by atoms with Gasteiger partial charge >= 0.3 is 0 Å². The zero-order valence-corrected chi connectivity index (χ0v) is 15.2. The second-order valence-electron chi connectivity index (χ2n) is 6.79. The lowest BCUT2D eigenvalue weighted by Gasteiger charge is -2.21. The molecule has 0 amide bonds. The van der Waals surface area contributed by atoms with Crippen LogP contribution in [0.5, 0.6) is 11.5 Å². The normalized spacial score (nSPS) is 15.1. The van der Waals surface area contributed by atoms with Crippen molar-refractivity contribution in [1.29, 1.82) is 0 Å². The molecule has 0 unspecified atom stereocenters. The Kier molecular flexibility index (Phi) is 6.75. The summed E-state index contributed by atoms with van der Waals surface area (Å²) in [6.45, 7) is 4.19. The van der Waals surface area contributed by atoms with Gasteiger partial charge in [-0.05, 0) is 50.3 Å². The molecule has 2 N–H and O–H groups in total. The number of ether oxygens (including phenoxy) is 2. The summed E-state index contributed by atoms with van der Waals surface area (Å²) in [7, 11) is 0. The van der Waals surface area contributed by atoms with Crippen LogP contribution in [0.1, 0.15) is 50.2 Å². The molecule has 0 heterocycles. The second kappa shape index (κ2) is 9.47. The van der Waals surface area contributed by atoms with Gasteiger partial charge in [-0.1, -0.05) is 42.8 Å². The predicted molar refractivity (Wildman–Crippen MR) is 101 cm³/mol. The zero-order chi connectivity index (χ0) is 17.3. The van der Waals surface area contributed by atoms with E-state index in [1.807, 2.05) is 31.2 Å². The smallest absolute Gasteiger partial charge is 0.170 e. The summed E-state index contributed by atoms with van der Waals surface area (Å²) in [6.07, 6.45) is 6.82. The summed E-state index contributed by atoms with van der Waals surface area (Å²) in [5.74, 6) is 1.76. The summed E-state index contributed by atoms with van der Waals surface area (Å²) in [4.78, 5) is 0. The van der Waals surface area contributed by atoms with E-state index < -0.39 is 0 Å². The summed E-state index contributed by atoms with van der Waals surface area (Å²) in [6, 6.07) is 17.3. The lowest BCUT2D eigenvalue weighted by Crippen LogP contribution is -2.88. The molecular weight excluding hydrogens is 310 g/mol. The van der Waals surface area contributed by atoms with Crippen molar-refractivity contribution in [2.75, 3.05) is 6.61 Å². The van der Waals surface area contributed by atoms with Gasteiger partial charge in [0.25, 0.3) is 0 Å².